The first-order valence-electron chi connectivity index (χ1n) is 8.12. The first kappa shape index (κ1) is 20.0. The van der Waals surface area contributed by atoms with Crippen LogP contribution >= 0.6 is 0 Å². The van der Waals surface area contributed by atoms with E-state index in [1.54, 1.807) is 0 Å². The number of nitro benzene ring substituents is 1. The van der Waals surface area contributed by atoms with E-state index in [9.17, 15) is 19.7 Å². The number of hydrogen-bond acceptors (Lipinski definition) is 6. The zero-order valence-electron chi connectivity index (χ0n) is 14.4. The number of hydrogen-bond donors (Lipinski definition) is 1. The van der Waals surface area contributed by atoms with Crippen molar-refractivity contribution in [2.45, 2.75) is 19.3 Å². The quantitative estimate of drug-likeness (QED) is 0.252. The summed E-state index contributed by atoms with van der Waals surface area (Å²) in [5.74, 6) is -0.457. The van der Waals surface area contributed by atoms with Crippen molar-refractivity contribution in [2.24, 2.45) is 0 Å². The molecule has 0 aliphatic rings. The van der Waals surface area contributed by atoms with Gasteiger partial charge in [-0.3, -0.25) is 14.9 Å². The van der Waals surface area contributed by atoms with Crippen LogP contribution in [-0.2, 0) is 22.5 Å². The fourth-order valence-electron chi connectivity index (χ4n) is 2.15. The molecule has 2 rings (SSSR count). The van der Waals surface area contributed by atoms with Crippen LogP contribution in [0.3, 0.4) is 0 Å². The molecule has 0 bridgehead atoms. The van der Waals surface area contributed by atoms with Crippen molar-refractivity contribution in [1.82, 2.24) is 5.32 Å². The van der Waals surface area contributed by atoms with E-state index in [1.165, 1.54) is 18.2 Å². The number of ether oxygens (including phenoxy) is 2. The summed E-state index contributed by atoms with van der Waals surface area (Å²) in [5.41, 5.74) is 1.05. The number of nitrogens with one attached hydrogen (secondary N) is 1. The Hall–Kier alpha value is -3.36. The highest BCUT2D eigenvalue weighted by Gasteiger charge is 2.13. The monoisotopic (exact) mass is 368 g/mol. The zero-order chi connectivity index (χ0) is 19.6. The van der Waals surface area contributed by atoms with Gasteiger partial charge in [-0.2, -0.15) is 0 Å². The van der Waals surface area contributed by atoms with E-state index < -0.39 is 17.0 Å². The van der Waals surface area contributed by atoms with Gasteiger partial charge < -0.3 is 14.8 Å². The minimum Gasteiger partial charge on any atom is -0.445 e. The molecule has 2 aromatic carbocycles. The van der Waals surface area contributed by atoms with Crippen molar-refractivity contribution in [2.75, 3.05) is 6.54 Å². The number of non-ortho nitro benzene ring substituents is 1. The molecule has 1 N–H and O–H groups in total. The Bertz CT molecular complexity index is 813. The zero-order valence-corrected chi connectivity index (χ0v) is 14.4. The number of benzene rings is 2. The summed E-state index contributed by atoms with van der Waals surface area (Å²) >= 11 is 0. The van der Waals surface area contributed by atoms with Gasteiger partial charge in [-0.15, -0.1) is 0 Å². The van der Waals surface area contributed by atoms with Crippen molar-refractivity contribution in [3.63, 3.8) is 0 Å². The minimum atomic E-state index is -0.648. The highest BCUT2D eigenvalue weighted by molar-refractivity contribution is 6.08. The van der Waals surface area contributed by atoms with Gasteiger partial charge in [0.05, 0.1) is 19.2 Å². The van der Waals surface area contributed by atoms with Gasteiger partial charge in [0.2, 0.25) is 0 Å². The van der Waals surface area contributed by atoms with E-state index in [-0.39, 0.29) is 37.3 Å². The average molecular weight is 368 g/mol. The lowest BCUT2D eigenvalue weighted by atomic mass is 9.96. The third-order valence-corrected chi connectivity index (χ3v) is 3.51. The number of carbonyl (C=O) groups is 2. The van der Waals surface area contributed by atoms with Crippen LogP contribution in [0.5, 0.6) is 5.75 Å². The second-order valence-electron chi connectivity index (χ2n) is 5.47. The van der Waals surface area contributed by atoms with Crippen LogP contribution in [0.4, 0.5) is 10.5 Å². The summed E-state index contributed by atoms with van der Waals surface area (Å²) in [4.78, 5) is 33.7. The van der Waals surface area contributed by atoms with E-state index in [4.69, 9.17) is 17.3 Å². The predicted molar refractivity (Wildman–Crippen MR) is 97.4 cm³/mol. The largest absolute Gasteiger partial charge is 0.445 e. The lowest BCUT2D eigenvalue weighted by molar-refractivity contribution is -0.384. The molecular weight excluding hydrogens is 351 g/mol. The highest BCUT2D eigenvalue weighted by atomic mass is 16.6. The summed E-state index contributed by atoms with van der Waals surface area (Å²) in [6.07, 6.45) is -0.764. The molecule has 0 aliphatic carbocycles. The number of nitrogens with zero attached hydrogens (tertiary/aromatic N) is 1. The second-order valence-corrected chi connectivity index (χ2v) is 5.47. The van der Waals surface area contributed by atoms with Gasteiger partial charge in [-0.1, -0.05) is 36.7 Å². The lowest BCUT2D eigenvalue weighted by Crippen LogP contribution is -2.27. The van der Waals surface area contributed by atoms with Crippen molar-refractivity contribution < 1.29 is 24.0 Å². The Morgan fingerprint density at radius 1 is 1.15 bits per heavy atom. The molecule has 0 aliphatic heterocycles. The fraction of sp³-hybridized carbons (Fsp3) is 0.222. The van der Waals surface area contributed by atoms with Crippen molar-refractivity contribution in [3.05, 3.63) is 69.8 Å². The van der Waals surface area contributed by atoms with Crippen LogP contribution < -0.4 is 10.1 Å². The molecule has 0 atom stereocenters. The van der Waals surface area contributed by atoms with E-state index in [2.05, 4.69) is 5.32 Å². The second kappa shape index (κ2) is 9.96. The van der Waals surface area contributed by atoms with Crippen molar-refractivity contribution in [1.29, 1.82) is 0 Å². The minimum absolute atomic E-state index is 0.0195. The smallest absolute Gasteiger partial charge is 0.407 e. The Morgan fingerprint density at radius 2 is 1.89 bits per heavy atom. The average Bonchev–Trinajstić information content (AvgIpc) is 2.67. The Balaban J connectivity index is 1.76. The molecule has 27 heavy (non-hydrogen) atoms. The van der Waals surface area contributed by atoms with Crippen LogP contribution in [-0.4, -0.2) is 31.4 Å². The van der Waals surface area contributed by atoms with E-state index in [1.807, 2.05) is 30.3 Å². The number of amides is 1. The van der Waals surface area contributed by atoms with Crippen molar-refractivity contribution >= 4 is 25.6 Å². The lowest BCUT2D eigenvalue weighted by Gasteiger charge is -2.10. The SMILES string of the molecule is [B]Cc1cc([N+](=O)[O-])ccc1OC(=O)CCNC(=O)OCc1ccccc1. The Morgan fingerprint density at radius 3 is 2.56 bits per heavy atom. The van der Waals surface area contributed by atoms with E-state index in [0.29, 0.717) is 5.56 Å². The van der Waals surface area contributed by atoms with Crippen LogP contribution in [0, 0.1) is 10.1 Å². The van der Waals surface area contributed by atoms with Gasteiger partial charge in [-0.05, 0) is 17.2 Å². The predicted octanol–water partition coefficient (Wildman–Crippen LogP) is 2.49. The Labute approximate surface area is 157 Å². The highest BCUT2D eigenvalue weighted by Crippen LogP contribution is 2.24. The summed E-state index contributed by atoms with van der Waals surface area (Å²) in [5, 5.41) is 13.2. The number of carbonyl (C=O) groups excluding carboxylic acids is 2. The number of rotatable bonds is 8. The van der Waals surface area contributed by atoms with Gasteiger partial charge in [0.1, 0.15) is 12.4 Å². The molecule has 138 valence electrons. The molecular formula is C18H17BN2O6. The molecule has 0 fully saturated rings. The molecule has 0 aromatic heterocycles. The molecule has 9 heteroatoms. The normalized spacial score (nSPS) is 10.1. The first-order chi connectivity index (χ1) is 13.0. The first-order valence-corrected chi connectivity index (χ1v) is 8.12. The van der Waals surface area contributed by atoms with Gasteiger partial charge >= 0.3 is 12.1 Å². The maximum Gasteiger partial charge on any atom is 0.407 e. The topological polar surface area (TPSA) is 108 Å². The Kier molecular flexibility index (Phi) is 7.36. The molecule has 0 saturated heterocycles. The molecule has 2 radical (unpaired) electrons. The van der Waals surface area contributed by atoms with Gasteiger partial charge in [0, 0.05) is 18.7 Å². The summed E-state index contributed by atoms with van der Waals surface area (Å²) in [6, 6.07) is 13.0. The molecule has 0 unspecified atom stereocenters. The molecule has 0 saturated carbocycles. The van der Waals surface area contributed by atoms with E-state index in [0.717, 1.165) is 5.56 Å². The number of nitro groups is 1. The summed E-state index contributed by atoms with van der Waals surface area (Å²) in [7, 11) is 5.53. The van der Waals surface area contributed by atoms with Crippen molar-refractivity contribution in [3.8, 4) is 5.75 Å². The maximum atomic E-state index is 11.9. The maximum absolute atomic E-state index is 11.9. The van der Waals surface area contributed by atoms with Crippen LogP contribution in [0.15, 0.2) is 48.5 Å². The van der Waals surface area contributed by atoms with Gasteiger partial charge in [0.15, 0.2) is 0 Å². The van der Waals surface area contributed by atoms with Crippen LogP contribution in [0.2, 0.25) is 0 Å². The number of alkyl carbamates (subject to hydrolysis) is 1. The van der Waals surface area contributed by atoms with Crippen LogP contribution in [0.25, 0.3) is 0 Å². The number of esters is 1. The molecule has 0 spiro atoms. The third-order valence-electron chi connectivity index (χ3n) is 3.51. The standard InChI is InChI=1S/C18H17BN2O6/c19-11-14-10-15(21(24)25)6-7-16(14)27-17(22)8-9-20-18(23)26-12-13-4-2-1-3-5-13/h1-7,10H,8-9,11-12H2,(H,20,23). The summed E-state index contributed by atoms with van der Waals surface area (Å²) in [6.45, 7) is 0.150. The summed E-state index contributed by atoms with van der Waals surface area (Å²) < 4.78 is 10.2. The van der Waals surface area contributed by atoms with E-state index >= 15 is 0 Å². The molecule has 2 aromatic rings. The molecule has 0 heterocycles. The third kappa shape index (κ3) is 6.46. The van der Waals surface area contributed by atoms with Gasteiger partial charge in [0.25, 0.3) is 5.69 Å². The van der Waals surface area contributed by atoms with Gasteiger partial charge in [-0.25, -0.2) is 4.79 Å². The molecule has 1 amide bonds. The fourth-order valence-corrected chi connectivity index (χ4v) is 2.15. The molecule has 8 nitrogen and oxygen atoms in total. The van der Waals surface area contributed by atoms with Crippen LogP contribution in [0.1, 0.15) is 17.5 Å².